The molecule has 0 spiro atoms. The molecule has 4 aromatic heterocycles. The number of aromatic nitrogens is 4. The molecule has 0 saturated heterocycles. The van der Waals surface area contributed by atoms with Gasteiger partial charge in [-0.3, -0.25) is 38.4 Å². The number of benzene rings is 4. The summed E-state index contributed by atoms with van der Waals surface area (Å²) in [7, 11) is 12.2. The van der Waals surface area contributed by atoms with Crippen LogP contribution in [0.1, 0.15) is 254 Å². The van der Waals surface area contributed by atoms with Crippen LogP contribution < -0.4 is 19.6 Å². The second-order valence-corrected chi connectivity index (χ2v) is 22.9. The number of carbonyl (C=O) groups excluding carboxylic acids is 8. The molecule has 0 saturated carbocycles. The number of methoxy groups -OCH3 is 4. The first-order valence-corrected chi connectivity index (χ1v) is 39.0. The molecule has 2 unspecified atom stereocenters. The Hall–Kier alpha value is -6.31. The fourth-order valence-electron chi connectivity index (χ4n) is 10.0. The maximum atomic E-state index is 12.6. The molecule has 0 radical (unpaired) electrons. The first-order valence-electron chi connectivity index (χ1n) is 39.0. The number of para-hydroxylation sites is 4. The molecule has 8 aromatic rings. The Morgan fingerprint density at radius 3 is 0.638 bits per heavy atom. The number of aryl methyl sites for hydroxylation is 4. The molecule has 116 heavy (non-hydrogen) atoms. The monoisotopic (exact) mass is 2510 g/mol. The van der Waals surface area contributed by atoms with E-state index in [2.05, 4.69) is 20.6 Å². The number of amides is 4. The van der Waals surface area contributed by atoms with Crippen LogP contribution in [-0.4, -0.2) is 125 Å². The van der Waals surface area contributed by atoms with Gasteiger partial charge in [-0.2, -0.15) is 0 Å². The third kappa shape index (κ3) is 44.6. The summed E-state index contributed by atoms with van der Waals surface area (Å²) in [5, 5.41) is 15.9. The molecule has 28 heteroatoms. The molecule has 0 aliphatic heterocycles. The van der Waals surface area contributed by atoms with Crippen molar-refractivity contribution in [3.05, 3.63) is 189 Å². The second-order valence-electron chi connectivity index (χ2n) is 22.9. The summed E-state index contributed by atoms with van der Waals surface area (Å²) < 4.78 is 40.1. The van der Waals surface area contributed by atoms with Gasteiger partial charge in [-0.25, -0.2) is 0 Å². The number of nitrogens with zero attached hydrogens (tertiary/aromatic N) is 8. The third-order valence-corrected chi connectivity index (χ3v) is 16.6. The van der Waals surface area contributed by atoms with Crippen molar-refractivity contribution in [1.82, 2.24) is 20.6 Å². The first-order chi connectivity index (χ1) is 53.7. The first kappa shape index (κ1) is 125. The molecule has 0 aliphatic rings. The minimum atomic E-state index is -0.405. The van der Waals surface area contributed by atoms with Gasteiger partial charge in [0.1, 0.15) is 23.0 Å². The number of hydrogen-bond acceptors (Lipinski definition) is 20. The molecule has 0 N–H and O–H groups in total. The molecule has 0 aliphatic carbocycles. The Labute approximate surface area is 789 Å². The van der Waals surface area contributed by atoms with Crippen molar-refractivity contribution < 1.29 is 200 Å². The predicted molar refractivity (Wildman–Crippen MR) is 450 cm³/mol. The Bertz CT molecular complexity index is 3360. The zero-order chi connectivity index (χ0) is 86.8. The average Bonchev–Trinajstić information content (AvgIpc) is 1.69. The number of hydrogen-bond donors (Lipinski definition) is 0. The van der Waals surface area contributed by atoms with Gasteiger partial charge in [-0.05, 0) is 104 Å². The van der Waals surface area contributed by atoms with E-state index in [1.807, 2.05) is 274 Å². The van der Waals surface area contributed by atoms with Crippen molar-refractivity contribution in [1.29, 1.82) is 0 Å². The second kappa shape index (κ2) is 74.9. The molecular weight excluding hydrogens is 2380 g/mol. The van der Waals surface area contributed by atoms with Crippen molar-refractivity contribution >= 4 is 70.3 Å². The van der Waals surface area contributed by atoms with Crippen molar-refractivity contribution in [3.8, 4) is 0 Å². The van der Waals surface area contributed by atoms with Crippen LogP contribution in [0.2, 0.25) is 0 Å². The molecule has 0 fully saturated rings. The van der Waals surface area contributed by atoms with Crippen molar-refractivity contribution in [2.75, 3.05) is 76.2 Å². The van der Waals surface area contributed by atoms with Crippen molar-refractivity contribution in [2.24, 2.45) is 0 Å². The quantitative estimate of drug-likeness (QED) is 0.0401. The Balaban J connectivity index is -0.000000208. The maximum Gasteiger partial charge on any atom is 0.306 e. The van der Waals surface area contributed by atoms with Crippen LogP contribution in [0, 0.1) is 180 Å². The Morgan fingerprint density at radius 1 is 0.284 bits per heavy atom. The summed E-state index contributed by atoms with van der Waals surface area (Å²) in [5.41, 5.74) is 9.40. The van der Waals surface area contributed by atoms with E-state index in [0.717, 1.165) is 56.4 Å². The van der Waals surface area contributed by atoms with E-state index in [4.69, 9.17) is 37.0 Å². The van der Waals surface area contributed by atoms with E-state index >= 15 is 0 Å². The largest absolute Gasteiger partial charge is 0.469 e. The van der Waals surface area contributed by atoms with Gasteiger partial charge < -0.3 is 56.6 Å². The molecular formula is C88H136N8O16U4. The van der Waals surface area contributed by atoms with E-state index in [0.29, 0.717) is 34.4 Å². The molecule has 4 amide bonds. The molecule has 0 bridgehead atoms. The smallest absolute Gasteiger partial charge is 0.306 e. The van der Waals surface area contributed by atoms with E-state index in [9.17, 15) is 38.4 Å². The zero-order valence-electron chi connectivity index (χ0n) is 75.6. The predicted octanol–water partition coefficient (Wildman–Crippen LogP) is 20.2. The molecule has 4 aromatic carbocycles. The van der Waals surface area contributed by atoms with Crippen LogP contribution in [0.5, 0.6) is 0 Å². The number of carbonyl (C=O) groups is 8. The van der Waals surface area contributed by atoms with Gasteiger partial charge in [-0.1, -0.05) is 204 Å². The van der Waals surface area contributed by atoms with Crippen LogP contribution >= 0.6 is 0 Å². The van der Waals surface area contributed by atoms with E-state index in [1.54, 1.807) is 61.6 Å². The topological polar surface area (TPSA) is 291 Å². The van der Waals surface area contributed by atoms with Gasteiger partial charge in [0.2, 0.25) is 23.6 Å². The Morgan fingerprint density at radius 2 is 0.474 bits per heavy atom. The van der Waals surface area contributed by atoms with Gasteiger partial charge in [-0.15, -0.1) is 0 Å². The zero-order valence-corrected chi connectivity index (χ0v) is 92.3. The summed E-state index contributed by atoms with van der Waals surface area (Å²) in [6.45, 7) is 46.8. The van der Waals surface area contributed by atoms with Gasteiger partial charge >= 0.3 is 23.9 Å². The SMILES string of the molecule is CC.CC.CC.CC.CC.CC.CC.CC.COC(=O)CC(CC(=O)N(C)c1ccccc1)c1noc(C)c1C.COC(=O)CC(CC(=O)N(C)c1ccccc1)c1onc(C)c1C.COC(=O)C[C@@H](CC(=O)N(C)c1ccccc1)c1noc(C)c1C.COC(=O)C[C@@H](CC(=O)N(C)c1ccccc1)c1onc(C)c1C.[U].[U].[U].[U]. The fraction of sp³-hybridized carbons (Fsp3) is 0.500. The Kier molecular flexibility index (Phi) is 81.0. The number of anilines is 4. The molecule has 640 valence electrons. The van der Waals surface area contributed by atoms with Crippen molar-refractivity contribution in [3.63, 3.8) is 0 Å². The molecule has 4 heterocycles. The standard InChI is InChI=1S/4C18H22N2O4.8C2H6.4U/c2*1-12-13(2)24-19-18(12)14(11-17(22)23-4)10-16(21)20(3)15-8-6-5-7-9-15;2*1-12-13(2)19-24-18(12)14(11-17(22)23-4)10-16(21)20(3)15-8-6-5-7-9-15;8*1-2;;;;/h4*5-9,14H,10-11H2,1-4H3;8*1-2H3;;;;/t14-;;14-;;;;;;;;;;;;;/m1.1............./s1. The normalized spacial score (nSPS) is 10.2. The fourth-order valence-corrected chi connectivity index (χ4v) is 10.0. The molecule has 24 nitrogen and oxygen atoms in total. The van der Waals surface area contributed by atoms with Crippen LogP contribution in [0.15, 0.2) is 139 Å². The van der Waals surface area contributed by atoms with E-state index < -0.39 is 11.8 Å². The van der Waals surface area contributed by atoms with Gasteiger partial charge in [0.25, 0.3) is 0 Å². The summed E-state index contributed by atoms with van der Waals surface area (Å²) in [6, 6.07) is 37.4. The summed E-state index contributed by atoms with van der Waals surface area (Å²) in [4.78, 5) is 104. The van der Waals surface area contributed by atoms with Crippen LogP contribution in [0.3, 0.4) is 0 Å². The molecule has 4 atom stereocenters. The van der Waals surface area contributed by atoms with E-state index in [-0.39, 0.29) is 235 Å². The number of ether oxygens (including phenoxy) is 4. The van der Waals surface area contributed by atoms with Gasteiger partial charge in [0.05, 0.1) is 76.9 Å². The maximum absolute atomic E-state index is 12.6. The number of esters is 4. The van der Waals surface area contributed by atoms with Crippen LogP contribution in [-0.2, 0) is 57.3 Å². The van der Waals surface area contributed by atoms with Gasteiger partial charge in [0.15, 0.2) is 0 Å². The van der Waals surface area contributed by atoms with E-state index in [1.165, 1.54) is 28.4 Å². The summed E-state index contributed by atoms with van der Waals surface area (Å²) >= 11 is 0. The minimum Gasteiger partial charge on any atom is -0.469 e. The number of rotatable bonds is 24. The third-order valence-electron chi connectivity index (χ3n) is 16.6. The minimum absolute atomic E-state index is 0. The molecule has 8 rings (SSSR count). The summed E-state index contributed by atoms with van der Waals surface area (Å²) in [6.07, 6.45) is 0.864. The van der Waals surface area contributed by atoms with Crippen LogP contribution in [0.4, 0.5) is 22.7 Å². The van der Waals surface area contributed by atoms with Gasteiger partial charge in [0, 0.05) is 247 Å². The summed E-state index contributed by atoms with van der Waals surface area (Å²) in [5.74, 6) is -1.03. The van der Waals surface area contributed by atoms with Crippen molar-refractivity contribution in [2.45, 2.75) is 241 Å². The average molecular weight is 2510 g/mol. The van der Waals surface area contributed by atoms with Crippen LogP contribution in [0.25, 0.3) is 0 Å².